The number of anilines is 1. The number of carbonyl (C=O) groups excluding carboxylic acids is 1. The Labute approximate surface area is 169 Å². The summed E-state index contributed by atoms with van der Waals surface area (Å²) >= 11 is 6.43. The summed E-state index contributed by atoms with van der Waals surface area (Å²) in [5.74, 6) is 1.41. The molecule has 142 valence electrons. The van der Waals surface area contributed by atoms with Gasteiger partial charge in [-0.3, -0.25) is 4.79 Å². The van der Waals surface area contributed by atoms with Crippen LogP contribution in [0.15, 0.2) is 60.7 Å². The van der Waals surface area contributed by atoms with Crippen LogP contribution >= 0.6 is 11.6 Å². The van der Waals surface area contributed by atoms with Gasteiger partial charge in [0.25, 0.3) is 0 Å². The molecule has 0 amide bonds. The maximum Gasteiger partial charge on any atom is 0.170 e. The summed E-state index contributed by atoms with van der Waals surface area (Å²) in [6.45, 7) is 0. The summed E-state index contributed by atoms with van der Waals surface area (Å²) in [6.07, 6.45) is 2.74. The zero-order chi connectivity index (χ0) is 19.5. The first-order valence-corrected chi connectivity index (χ1v) is 9.69. The second kappa shape index (κ2) is 8.09. The summed E-state index contributed by atoms with van der Waals surface area (Å²) in [6, 6.07) is 19.2. The maximum atomic E-state index is 11.5. The third kappa shape index (κ3) is 3.91. The molecule has 1 aliphatic rings. The van der Waals surface area contributed by atoms with Crippen molar-refractivity contribution in [2.45, 2.75) is 30.8 Å². The molecule has 3 N–H and O–H groups in total. The standard InChI is InChI=1S/C22H21ClN4O/c23-18-17(13-28)25-21(16-11-12-16)27-22(18)26-20(15-9-5-2-6-10-15)19(24)14-7-3-1-4-8-14/h1-10,13,16,19-20H,11-12,24H2,(H,25,26,27). The van der Waals surface area contributed by atoms with Crippen molar-refractivity contribution in [3.8, 4) is 0 Å². The minimum absolute atomic E-state index is 0.209. The van der Waals surface area contributed by atoms with Crippen molar-refractivity contribution in [3.63, 3.8) is 0 Å². The largest absolute Gasteiger partial charge is 0.360 e. The molecule has 28 heavy (non-hydrogen) atoms. The highest BCUT2D eigenvalue weighted by molar-refractivity contribution is 6.35. The molecule has 6 heteroatoms. The molecule has 0 radical (unpaired) electrons. The number of rotatable bonds is 7. The summed E-state index contributed by atoms with van der Waals surface area (Å²) < 4.78 is 0. The van der Waals surface area contributed by atoms with Crippen molar-refractivity contribution in [1.29, 1.82) is 0 Å². The Bertz CT molecular complexity index is 961. The summed E-state index contributed by atoms with van der Waals surface area (Å²) in [7, 11) is 0. The van der Waals surface area contributed by atoms with Crippen LogP contribution in [0.5, 0.6) is 0 Å². The predicted octanol–water partition coefficient (Wildman–Crippen LogP) is 4.67. The topological polar surface area (TPSA) is 80.9 Å². The third-order valence-electron chi connectivity index (χ3n) is 4.94. The second-order valence-corrected chi connectivity index (χ2v) is 7.37. The third-order valence-corrected chi connectivity index (χ3v) is 5.32. The first-order valence-electron chi connectivity index (χ1n) is 9.32. The normalized spacial score (nSPS) is 15.6. The van der Waals surface area contributed by atoms with Gasteiger partial charge >= 0.3 is 0 Å². The Balaban J connectivity index is 1.74. The number of nitrogens with one attached hydrogen (secondary N) is 1. The minimum Gasteiger partial charge on any atom is -0.360 e. The van der Waals surface area contributed by atoms with Gasteiger partial charge in [0.1, 0.15) is 22.4 Å². The molecule has 1 aromatic heterocycles. The maximum absolute atomic E-state index is 11.5. The van der Waals surface area contributed by atoms with Crippen LogP contribution in [-0.2, 0) is 0 Å². The van der Waals surface area contributed by atoms with Crippen LogP contribution in [0.2, 0.25) is 5.02 Å². The van der Waals surface area contributed by atoms with Crippen LogP contribution in [0.25, 0.3) is 0 Å². The average molecular weight is 393 g/mol. The van der Waals surface area contributed by atoms with E-state index in [1.165, 1.54) is 0 Å². The minimum atomic E-state index is -0.335. The molecule has 4 rings (SSSR count). The molecule has 3 aromatic rings. The molecule has 2 unspecified atom stereocenters. The van der Waals surface area contributed by atoms with E-state index in [-0.39, 0.29) is 22.8 Å². The molecule has 1 fully saturated rings. The first-order chi connectivity index (χ1) is 13.7. The van der Waals surface area contributed by atoms with Gasteiger partial charge in [-0.2, -0.15) is 0 Å². The predicted molar refractivity (Wildman–Crippen MR) is 111 cm³/mol. The smallest absolute Gasteiger partial charge is 0.170 e. The molecule has 1 saturated carbocycles. The number of nitrogens with two attached hydrogens (primary N) is 1. The van der Waals surface area contributed by atoms with Crippen LogP contribution in [0, 0.1) is 0 Å². The molecular formula is C22H21ClN4O. The fourth-order valence-corrected chi connectivity index (χ4v) is 3.42. The van der Waals surface area contributed by atoms with Crippen LogP contribution < -0.4 is 11.1 Å². The van der Waals surface area contributed by atoms with E-state index in [0.717, 1.165) is 24.0 Å². The number of hydrogen-bond acceptors (Lipinski definition) is 5. The number of aldehydes is 1. The van der Waals surface area contributed by atoms with Crippen molar-refractivity contribution in [2.24, 2.45) is 5.73 Å². The van der Waals surface area contributed by atoms with Gasteiger partial charge in [0.2, 0.25) is 0 Å². The highest BCUT2D eigenvalue weighted by atomic mass is 35.5. The van der Waals surface area contributed by atoms with Crippen molar-refractivity contribution in [1.82, 2.24) is 9.97 Å². The number of nitrogens with zero attached hydrogens (tertiary/aromatic N) is 2. The van der Waals surface area contributed by atoms with Gasteiger partial charge in [0.05, 0.1) is 12.1 Å². The summed E-state index contributed by atoms with van der Waals surface area (Å²) in [4.78, 5) is 20.4. The van der Waals surface area contributed by atoms with Crippen LogP contribution in [0.3, 0.4) is 0 Å². The zero-order valence-electron chi connectivity index (χ0n) is 15.3. The van der Waals surface area contributed by atoms with Gasteiger partial charge in [-0.15, -0.1) is 0 Å². The van der Waals surface area contributed by atoms with E-state index in [1.54, 1.807) is 0 Å². The van der Waals surface area contributed by atoms with Crippen molar-refractivity contribution >= 4 is 23.7 Å². The molecular weight excluding hydrogens is 372 g/mol. The fourth-order valence-electron chi connectivity index (χ4n) is 3.24. The van der Waals surface area contributed by atoms with Gasteiger partial charge in [-0.1, -0.05) is 72.3 Å². The van der Waals surface area contributed by atoms with Gasteiger partial charge in [0, 0.05) is 5.92 Å². The van der Waals surface area contributed by atoms with Crippen molar-refractivity contribution in [3.05, 3.63) is 88.3 Å². The van der Waals surface area contributed by atoms with E-state index in [4.69, 9.17) is 17.3 Å². The fraction of sp³-hybridized carbons (Fsp3) is 0.227. The molecule has 1 aliphatic carbocycles. The van der Waals surface area contributed by atoms with E-state index >= 15 is 0 Å². The lowest BCUT2D eigenvalue weighted by Gasteiger charge is -2.27. The Kier molecular flexibility index (Phi) is 5.37. The molecule has 2 atom stereocenters. The molecule has 5 nitrogen and oxygen atoms in total. The monoisotopic (exact) mass is 392 g/mol. The SMILES string of the molecule is NC(c1ccccc1)C(Nc1nc(C2CC2)nc(C=O)c1Cl)c1ccccc1. The van der Waals surface area contributed by atoms with E-state index in [9.17, 15) is 4.79 Å². The quantitative estimate of drug-likeness (QED) is 0.571. The second-order valence-electron chi connectivity index (χ2n) is 6.99. The first kappa shape index (κ1) is 18.6. The van der Waals surface area contributed by atoms with Crippen LogP contribution in [0.1, 0.15) is 58.3 Å². The summed E-state index contributed by atoms with van der Waals surface area (Å²) in [5, 5.41) is 3.62. The van der Waals surface area contributed by atoms with Crippen molar-refractivity contribution < 1.29 is 4.79 Å². The Morgan fingerprint density at radius 1 is 1.00 bits per heavy atom. The Morgan fingerprint density at radius 2 is 1.61 bits per heavy atom. The van der Waals surface area contributed by atoms with Gasteiger partial charge in [0.15, 0.2) is 6.29 Å². The lowest BCUT2D eigenvalue weighted by molar-refractivity contribution is 0.111. The lowest BCUT2D eigenvalue weighted by Crippen LogP contribution is -2.27. The van der Waals surface area contributed by atoms with Gasteiger partial charge in [-0.25, -0.2) is 9.97 Å². The Hall–Kier alpha value is -2.76. The number of carbonyl (C=O) groups is 1. The van der Waals surface area contributed by atoms with Gasteiger partial charge in [-0.05, 0) is 24.0 Å². The van der Waals surface area contributed by atoms with Crippen LogP contribution in [0.4, 0.5) is 5.82 Å². The zero-order valence-corrected chi connectivity index (χ0v) is 16.0. The van der Waals surface area contributed by atoms with E-state index in [0.29, 0.717) is 23.8 Å². The van der Waals surface area contributed by atoms with Crippen LogP contribution in [-0.4, -0.2) is 16.3 Å². The number of benzene rings is 2. The number of hydrogen-bond donors (Lipinski definition) is 2. The molecule has 0 bridgehead atoms. The average Bonchev–Trinajstić information content (AvgIpc) is 3.59. The number of halogens is 1. The Morgan fingerprint density at radius 3 is 2.18 bits per heavy atom. The molecule has 1 heterocycles. The summed E-state index contributed by atoms with van der Waals surface area (Å²) in [5.41, 5.74) is 8.84. The van der Waals surface area contributed by atoms with E-state index in [2.05, 4.69) is 15.3 Å². The lowest BCUT2D eigenvalue weighted by atomic mass is 9.94. The highest BCUT2D eigenvalue weighted by Crippen LogP contribution is 2.40. The van der Waals surface area contributed by atoms with E-state index in [1.807, 2.05) is 60.7 Å². The van der Waals surface area contributed by atoms with Crippen molar-refractivity contribution in [2.75, 3.05) is 5.32 Å². The van der Waals surface area contributed by atoms with E-state index < -0.39 is 0 Å². The molecule has 0 aliphatic heterocycles. The molecule has 0 saturated heterocycles. The number of aromatic nitrogens is 2. The molecule has 2 aromatic carbocycles. The van der Waals surface area contributed by atoms with Gasteiger partial charge < -0.3 is 11.1 Å². The molecule has 0 spiro atoms. The highest BCUT2D eigenvalue weighted by Gasteiger charge is 2.30.